The molecule has 23 heavy (non-hydrogen) atoms. The van der Waals surface area contributed by atoms with Crippen LogP contribution in [0.5, 0.6) is 5.75 Å². The number of nitrogens with zero attached hydrogens (tertiary/aromatic N) is 3. The van der Waals surface area contributed by atoms with Gasteiger partial charge in [0.15, 0.2) is 5.96 Å². The van der Waals surface area contributed by atoms with Crippen LogP contribution < -0.4 is 15.4 Å². The second-order valence-electron chi connectivity index (χ2n) is 4.96. The quantitative estimate of drug-likeness (QED) is 0.320. The van der Waals surface area contributed by atoms with E-state index in [9.17, 15) is 0 Å². The molecule has 0 unspecified atom stereocenters. The van der Waals surface area contributed by atoms with Crippen LogP contribution in [0.15, 0.2) is 41.5 Å². The van der Waals surface area contributed by atoms with E-state index in [1.165, 1.54) is 5.56 Å². The number of benzene rings is 1. The Kier molecular flexibility index (Phi) is 8.46. The summed E-state index contributed by atoms with van der Waals surface area (Å²) in [4.78, 5) is 4.18. The topological polar surface area (TPSA) is 63.5 Å². The number of aliphatic imine (C=N–C) groups is 1. The minimum Gasteiger partial charge on any atom is -0.492 e. The molecule has 1 aromatic heterocycles. The van der Waals surface area contributed by atoms with Gasteiger partial charge < -0.3 is 15.4 Å². The van der Waals surface area contributed by atoms with Crippen LogP contribution in [-0.4, -0.2) is 35.9 Å². The highest BCUT2D eigenvalue weighted by molar-refractivity contribution is 14.0. The highest BCUT2D eigenvalue weighted by Crippen LogP contribution is 2.10. The highest BCUT2D eigenvalue weighted by Gasteiger charge is 2.01. The lowest BCUT2D eigenvalue weighted by molar-refractivity contribution is 0.322. The molecular formula is C16H24IN5O. The van der Waals surface area contributed by atoms with E-state index in [0.29, 0.717) is 19.7 Å². The molecule has 2 N–H and O–H groups in total. The van der Waals surface area contributed by atoms with Crippen molar-refractivity contribution in [3.63, 3.8) is 0 Å². The van der Waals surface area contributed by atoms with Crippen molar-refractivity contribution in [3.05, 3.63) is 47.8 Å². The molecule has 7 heteroatoms. The fourth-order valence-electron chi connectivity index (χ4n) is 1.94. The third kappa shape index (κ3) is 6.47. The predicted octanol–water partition coefficient (Wildman–Crippen LogP) is 2.09. The maximum Gasteiger partial charge on any atom is 0.191 e. The first kappa shape index (κ1) is 19.3. The third-order valence-electron chi connectivity index (χ3n) is 3.27. The third-order valence-corrected chi connectivity index (χ3v) is 3.27. The maximum atomic E-state index is 5.67. The number of aromatic nitrogens is 2. The summed E-state index contributed by atoms with van der Waals surface area (Å²) in [7, 11) is 3.67. The van der Waals surface area contributed by atoms with Gasteiger partial charge in [0.25, 0.3) is 0 Å². The number of rotatable bonds is 6. The van der Waals surface area contributed by atoms with Crippen LogP contribution in [0.4, 0.5) is 0 Å². The maximum absolute atomic E-state index is 5.67. The molecule has 0 saturated heterocycles. The Morgan fingerprint density at radius 1 is 1.22 bits per heavy atom. The molecule has 1 aromatic carbocycles. The standard InChI is InChI=1S/C16H23N5O.HI/c1-13-4-6-15(7-5-13)22-11-10-18-16(17-2)19-12-14-8-9-20-21(14)3;/h4-9H,10-12H2,1-3H3,(H2,17,18,19);1H. The van der Waals surface area contributed by atoms with Crippen LogP contribution in [0.1, 0.15) is 11.3 Å². The summed E-state index contributed by atoms with van der Waals surface area (Å²) in [6.07, 6.45) is 1.78. The van der Waals surface area contributed by atoms with Gasteiger partial charge in [-0.3, -0.25) is 9.67 Å². The zero-order chi connectivity index (χ0) is 15.8. The van der Waals surface area contributed by atoms with Gasteiger partial charge in [0.2, 0.25) is 0 Å². The number of hydrogen-bond acceptors (Lipinski definition) is 3. The molecule has 0 radical (unpaired) electrons. The van der Waals surface area contributed by atoms with Gasteiger partial charge in [-0.05, 0) is 25.1 Å². The Morgan fingerprint density at radius 3 is 2.57 bits per heavy atom. The summed E-state index contributed by atoms with van der Waals surface area (Å²) in [6, 6.07) is 10.0. The normalized spacial score (nSPS) is 10.8. The Balaban J connectivity index is 0.00000264. The lowest BCUT2D eigenvalue weighted by Crippen LogP contribution is -2.39. The largest absolute Gasteiger partial charge is 0.492 e. The zero-order valence-corrected chi connectivity index (χ0v) is 16.1. The molecule has 0 amide bonds. The van der Waals surface area contributed by atoms with Crippen molar-refractivity contribution in [1.82, 2.24) is 20.4 Å². The average molecular weight is 429 g/mol. The van der Waals surface area contributed by atoms with Gasteiger partial charge in [-0.25, -0.2) is 0 Å². The predicted molar refractivity (Wildman–Crippen MR) is 103 cm³/mol. The Labute approximate surface area is 154 Å². The van der Waals surface area contributed by atoms with Crippen LogP contribution in [0.25, 0.3) is 0 Å². The minimum absolute atomic E-state index is 0. The van der Waals surface area contributed by atoms with Crippen LogP contribution in [0.3, 0.4) is 0 Å². The molecule has 0 saturated carbocycles. The van der Waals surface area contributed by atoms with Crippen LogP contribution >= 0.6 is 24.0 Å². The Morgan fingerprint density at radius 2 is 1.96 bits per heavy atom. The Bertz CT molecular complexity index is 609. The second-order valence-corrected chi connectivity index (χ2v) is 4.96. The minimum atomic E-state index is 0. The van der Waals surface area contributed by atoms with E-state index in [1.54, 1.807) is 13.2 Å². The number of hydrogen-bond donors (Lipinski definition) is 2. The fourth-order valence-corrected chi connectivity index (χ4v) is 1.94. The van der Waals surface area contributed by atoms with Gasteiger partial charge in [-0.15, -0.1) is 24.0 Å². The fraction of sp³-hybridized carbons (Fsp3) is 0.375. The van der Waals surface area contributed by atoms with E-state index in [2.05, 4.69) is 27.6 Å². The molecule has 0 aliphatic rings. The van der Waals surface area contributed by atoms with Crippen LogP contribution in [-0.2, 0) is 13.6 Å². The summed E-state index contributed by atoms with van der Waals surface area (Å²) >= 11 is 0. The Hall–Kier alpha value is -1.77. The monoisotopic (exact) mass is 429 g/mol. The van der Waals surface area contributed by atoms with Gasteiger partial charge in [-0.1, -0.05) is 17.7 Å². The SMILES string of the molecule is CN=C(NCCOc1ccc(C)cc1)NCc1ccnn1C.I. The van der Waals surface area contributed by atoms with E-state index in [4.69, 9.17) is 4.74 Å². The highest BCUT2D eigenvalue weighted by atomic mass is 127. The van der Waals surface area contributed by atoms with E-state index in [0.717, 1.165) is 17.4 Å². The van der Waals surface area contributed by atoms with Gasteiger partial charge >= 0.3 is 0 Å². The van der Waals surface area contributed by atoms with Crippen molar-refractivity contribution in [2.24, 2.45) is 12.0 Å². The first-order chi connectivity index (χ1) is 10.7. The number of guanidine groups is 1. The summed E-state index contributed by atoms with van der Waals surface area (Å²) in [5.41, 5.74) is 2.32. The molecule has 6 nitrogen and oxygen atoms in total. The summed E-state index contributed by atoms with van der Waals surface area (Å²) < 4.78 is 7.50. The number of ether oxygens (including phenoxy) is 1. The molecule has 2 aromatic rings. The summed E-state index contributed by atoms with van der Waals surface area (Å²) in [6.45, 7) is 3.99. The van der Waals surface area contributed by atoms with E-state index in [-0.39, 0.29) is 24.0 Å². The molecule has 1 heterocycles. The number of halogens is 1. The first-order valence-electron chi connectivity index (χ1n) is 7.30. The van der Waals surface area contributed by atoms with E-state index < -0.39 is 0 Å². The second kappa shape index (κ2) is 10.1. The molecule has 0 aliphatic heterocycles. The van der Waals surface area contributed by atoms with Crippen molar-refractivity contribution in [2.75, 3.05) is 20.2 Å². The lowest BCUT2D eigenvalue weighted by atomic mass is 10.2. The van der Waals surface area contributed by atoms with E-state index in [1.807, 2.05) is 42.1 Å². The molecule has 0 aliphatic carbocycles. The van der Waals surface area contributed by atoms with Crippen molar-refractivity contribution >= 4 is 29.9 Å². The van der Waals surface area contributed by atoms with Gasteiger partial charge in [0.1, 0.15) is 12.4 Å². The number of aryl methyl sites for hydroxylation is 2. The molecule has 126 valence electrons. The molecule has 2 rings (SSSR count). The van der Waals surface area contributed by atoms with Crippen molar-refractivity contribution in [2.45, 2.75) is 13.5 Å². The number of nitrogens with one attached hydrogen (secondary N) is 2. The zero-order valence-electron chi connectivity index (χ0n) is 13.7. The van der Waals surface area contributed by atoms with Crippen LogP contribution in [0.2, 0.25) is 0 Å². The average Bonchev–Trinajstić information content (AvgIpc) is 2.93. The molecular weight excluding hydrogens is 405 g/mol. The summed E-state index contributed by atoms with van der Waals surface area (Å²) in [5, 5.41) is 10.6. The first-order valence-corrected chi connectivity index (χ1v) is 7.30. The molecule has 0 fully saturated rings. The van der Waals surface area contributed by atoms with Gasteiger partial charge in [0, 0.05) is 20.3 Å². The van der Waals surface area contributed by atoms with Gasteiger partial charge in [-0.2, -0.15) is 5.10 Å². The van der Waals surface area contributed by atoms with Crippen molar-refractivity contribution in [1.29, 1.82) is 0 Å². The van der Waals surface area contributed by atoms with Crippen LogP contribution in [0, 0.1) is 6.92 Å². The molecule has 0 bridgehead atoms. The molecule has 0 atom stereocenters. The van der Waals surface area contributed by atoms with Crippen molar-refractivity contribution in [3.8, 4) is 5.75 Å². The summed E-state index contributed by atoms with van der Waals surface area (Å²) in [5.74, 6) is 1.62. The van der Waals surface area contributed by atoms with Gasteiger partial charge in [0.05, 0.1) is 18.8 Å². The molecule has 0 spiro atoms. The van der Waals surface area contributed by atoms with E-state index >= 15 is 0 Å². The smallest absolute Gasteiger partial charge is 0.191 e. The lowest BCUT2D eigenvalue weighted by Gasteiger charge is -2.12. The van der Waals surface area contributed by atoms with Crippen molar-refractivity contribution < 1.29 is 4.74 Å².